The van der Waals surface area contributed by atoms with Gasteiger partial charge in [0.2, 0.25) is 0 Å². The van der Waals surface area contributed by atoms with E-state index in [1.54, 1.807) is 23.0 Å². The van der Waals surface area contributed by atoms with Crippen LogP contribution in [0.2, 0.25) is 5.02 Å². The first-order chi connectivity index (χ1) is 8.10. The van der Waals surface area contributed by atoms with Crippen LogP contribution in [0.4, 0.5) is 0 Å². The van der Waals surface area contributed by atoms with Crippen molar-refractivity contribution in [3.8, 4) is 0 Å². The fourth-order valence-corrected chi connectivity index (χ4v) is 1.54. The number of hydrazine groups is 1. The molecule has 0 unspecified atom stereocenters. The Morgan fingerprint density at radius 1 is 1.65 bits per heavy atom. The standard InChI is InChI=1S/C10H11ClN4O2/c1-6-8(11)5-15(14-6)4-7-2-3-9(17-7)10(16)13-12/h2-3,5H,4,12H2,1H3,(H,13,16). The van der Waals surface area contributed by atoms with Crippen LogP contribution in [0.3, 0.4) is 0 Å². The van der Waals surface area contributed by atoms with E-state index in [0.29, 0.717) is 17.3 Å². The molecule has 0 aromatic carbocycles. The van der Waals surface area contributed by atoms with Gasteiger partial charge in [-0.05, 0) is 19.1 Å². The Balaban J connectivity index is 2.14. The average molecular weight is 255 g/mol. The van der Waals surface area contributed by atoms with Crippen molar-refractivity contribution >= 4 is 17.5 Å². The number of amides is 1. The summed E-state index contributed by atoms with van der Waals surface area (Å²) in [5.74, 6) is 5.29. The number of nitrogen functional groups attached to an aromatic ring is 1. The van der Waals surface area contributed by atoms with Gasteiger partial charge >= 0.3 is 5.91 Å². The number of rotatable bonds is 3. The molecule has 0 bridgehead atoms. The molecule has 2 heterocycles. The largest absolute Gasteiger partial charge is 0.454 e. The lowest BCUT2D eigenvalue weighted by molar-refractivity contribution is 0.0924. The van der Waals surface area contributed by atoms with Crippen molar-refractivity contribution in [2.75, 3.05) is 0 Å². The van der Waals surface area contributed by atoms with Crippen molar-refractivity contribution in [1.29, 1.82) is 0 Å². The molecule has 3 N–H and O–H groups in total. The summed E-state index contributed by atoms with van der Waals surface area (Å²) in [4.78, 5) is 11.2. The first kappa shape index (κ1) is 11.7. The Bertz CT molecular complexity index is 527. The summed E-state index contributed by atoms with van der Waals surface area (Å²) in [6, 6.07) is 3.24. The molecule has 17 heavy (non-hydrogen) atoms. The Labute approximate surface area is 102 Å². The molecule has 0 aliphatic rings. The second-order valence-electron chi connectivity index (χ2n) is 3.50. The van der Waals surface area contributed by atoms with Crippen LogP contribution in [0.15, 0.2) is 22.7 Å². The third kappa shape index (κ3) is 2.48. The number of aryl methyl sites for hydroxylation is 1. The summed E-state index contributed by atoms with van der Waals surface area (Å²) in [5, 5.41) is 4.77. The molecule has 0 saturated heterocycles. The molecule has 0 radical (unpaired) electrons. The number of halogens is 1. The normalized spacial score (nSPS) is 10.5. The van der Waals surface area contributed by atoms with Gasteiger partial charge in [0.15, 0.2) is 5.76 Å². The van der Waals surface area contributed by atoms with Gasteiger partial charge < -0.3 is 4.42 Å². The average Bonchev–Trinajstić information content (AvgIpc) is 2.87. The van der Waals surface area contributed by atoms with Gasteiger partial charge in [-0.15, -0.1) is 0 Å². The topological polar surface area (TPSA) is 86.1 Å². The van der Waals surface area contributed by atoms with E-state index in [0.717, 1.165) is 5.69 Å². The number of nitrogens with two attached hydrogens (primary N) is 1. The zero-order valence-electron chi connectivity index (χ0n) is 9.11. The minimum atomic E-state index is -0.467. The number of carbonyl (C=O) groups excluding carboxylic acids is 1. The van der Waals surface area contributed by atoms with Gasteiger partial charge in [0, 0.05) is 6.20 Å². The highest BCUT2D eigenvalue weighted by atomic mass is 35.5. The van der Waals surface area contributed by atoms with Crippen molar-refractivity contribution < 1.29 is 9.21 Å². The lowest BCUT2D eigenvalue weighted by atomic mass is 10.4. The van der Waals surface area contributed by atoms with Crippen molar-refractivity contribution in [2.24, 2.45) is 5.84 Å². The van der Waals surface area contributed by atoms with Crippen LogP contribution in [0.25, 0.3) is 0 Å². The Kier molecular flexibility index (Phi) is 3.16. The monoisotopic (exact) mass is 254 g/mol. The van der Waals surface area contributed by atoms with E-state index in [9.17, 15) is 4.79 Å². The zero-order valence-corrected chi connectivity index (χ0v) is 9.86. The van der Waals surface area contributed by atoms with Crippen molar-refractivity contribution in [3.05, 3.63) is 40.6 Å². The maximum Gasteiger partial charge on any atom is 0.300 e. The highest BCUT2D eigenvalue weighted by Gasteiger charge is 2.10. The van der Waals surface area contributed by atoms with Crippen LogP contribution in [0.5, 0.6) is 0 Å². The van der Waals surface area contributed by atoms with Crippen LogP contribution < -0.4 is 11.3 Å². The van der Waals surface area contributed by atoms with E-state index in [1.165, 1.54) is 0 Å². The summed E-state index contributed by atoms with van der Waals surface area (Å²) < 4.78 is 6.93. The van der Waals surface area contributed by atoms with Gasteiger partial charge in [-0.25, -0.2) is 5.84 Å². The molecule has 0 spiro atoms. The Hall–Kier alpha value is -1.79. The molecule has 2 aromatic rings. The number of hydrogen-bond donors (Lipinski definition) is 2. The molecule has 0 fully saturated rings. The zero-order chi connectivity index (χ0) is 12.4. The summed E-state index contributed by atoms with van der Waals surface area (Å²) in [6.45, 7) is 2.22. The summed E-state index contributed by atoms with van der Waals surface area (Å²) >= 11 is 5.88. The van der Waals surface area contributed by atoms with E-state index in [-0.39, 0.29) is 5.76 Å². The van der Waals surface area contributed by atoms with Gasteiger partial charge in [0.25, 0.3) is 0 Å². The third-order valence-corrected chi connectivity index (χ3v) is 2.59. The van der Waals surface area contributed by atoms with Crippen molar-refractivity contribution in [2.45, 2.75) is 13.5 Å². The molecule has 0 atom stereocenters. The summed E-state index contributed by atoms with van der Waals surface area (Å²) in [5.41, 5.74) is 2.74. The van der Waals surface area contributed by atoms with Gasteiger partial charge in [-0.2, -0.15) is 5.10 Å². The molecule has 0 aliphatic carbocycles. The Morgan fingerprint density at radius 3 is 3.00 bits per heavy atom. The minimum Gasteiger partial charge on any atom is -0.454 e. The molecule has 6 nitrogen and oxygen atoms in total. The van der Waals surface area contributed by atoms with Crippen LogP contribution in [-0.4, -0.2) is 15.7 Å². The maximum absolute atomic E-state index is 11.2. The highest BCUT2D eigenvalue weighted by molar-refractivity contribution is 6.31. The molecular weight excluding hydrogens is 244 g/mol. The first-order valence-electron chi connectivity index (χ1n) is 4.89. The van der Waals surface area contributed by atoms with E-state index in [4.69, 9.17) is 21.9 Å². The van der Waals surface area contributed by atoms with E-state index in [1.807, 2.05) is 12.3 Å². The number of nitrogens with one attached hydrogen (secondary N) is 1. The smallest absolute Gasteiger partial charge is 0.300 e. The van der Waals surface area contributed by atoms with E-state index >= 15 is 0 Å². The predicted molar refractivity (Wildman–Crippen MR) is 61.4 cm³/mol. The maximum atomic E-state index is 11.2. The van der Waals surface area contributed by atoms with Gasteiger partial charge in [-0.3, -0.25) is 14.9 Å². The van der Waals surface area contributed by atoms with Crippen LogP contribution in [0.1, 0.15) is 22.0 Å². The van der Waals surface area contributed by atoms with Crippen LogP contribution in [0, 0.1) is 6.92 Å². The first-order valence-corrected chi connectivity index (χ1v) is 5.27. The Morgan fingerprint density at radius 2 is 2.41 bits per heavy atom. The number of nitrogens with zero attached hydrogens (tertiary/aromatic N) is 2. The lowest BCUT2D eigenvalue weighted by Crippen LogP contribution is -2.29. The molecule has 0 aliphatic heterocycles. The second-order valence-corrected chi connectivity index (χ2v) is 3.91. The molecule has 90 valence electrons. The fraction of sp³-hybridized carbons (Fsp3) is 0.200. The van der Waals surface area contributed by atoms with Crippen LogP contribution >= 0.6 is 11.6 Å². The quantitative estimate of drug-likeness (QED) is 0.488. The molecule has 0 saturated carbocycles. The molecule has 1 amide bonds. The van der Waals surface area contributed by atoms with Gasteiger partial charge in [-0.1, -0.05) is 11.6 Å². The van der Waals surface area contributed by atoms with E-state index in [2.05, 4.69) is 5.10 Å². The summed E-state index contributed by atoms with van der Waals surface area (Å²) in [6.07, 6.45) is 1.70. The van der Waals surface area contributed by atoms with E-state index < -0.39 is 5.91 Å². The van der Waals surface area contributed by atoms with Gasteiger partial charge in [0.1, 0.15) is 5.76 Å². The minimum absolute atomic E-state index is 0.164. The molecule has 2 rings (SSSR count). The number of furan rings is 1. The highest BCUT2D eigenvalue weighted by Crippen LogP contribution is 2.14. The fourth-order valence-electron chi connectivity index (χ4n) is 1.39. The SMILES string of the molecule is Cc1nn(Cc2ccc(C(=O)NN)o2)cc1Cl. The lowest BCUT2D eigenvalue weighted by Gasteiger charge is -1.97. The number of aromatic nitrogens is 2. The number of carbonyl (C=O) groups is 1. The number of hydrogen-bond acceptors (Lipinski definition) is 4. The molecular formula is C10H11ClN4O2. The molecule has 7 heteroatoms. The van der Waals surface area contributed by atoms with Crippen LogP contribution in [-0.2, 0) is 6.54 Å². The molecule has 2 aromatic heterocycles. The predicted octanol–water partition coefficient (Wildman–Crippen LogP) is 1.09. The third-order valence-electron chi connectivity index (χ3n) is 2.22. The summed E-state index contributed by atoms with van der Waals surface area (Å²) in [7, 11) is 0. The van der Waals surface area contributed by atoms with Crippen molar-refractivity contribution in [3.63, 3.8) is 0 Å². The second kappa shape index (κ2) is 4.60. The van der Waals surface area contributed by atoms with Gasteiger partial charge in [0.05, 0.1) is 17.3 Å². The van der Waals surface area contributed by atoms with Crippen molar-refractivity contribution in [1.82, 2.24) is 15.2 Å².